The van der Waals surface area contributed by atoms with Gasteiger partial charge in [-0.2, -0.15) is 0 Å². The summed E-state index contributed by atoms with van der Waals surface area (Å²) in [5, 5.41) is 3.83. The van der Waals surface area contributed by atoms with Crippen molar-refractivity contribution in [1.82, 2.24) is 14.9 Å². The van der Waals surface area contributed by atoms with Crippen LogP contribution in [-0.2, 0) is 11.3 Å². The standard InChI is InChI=1S/C21H22ClN3O/c22-17-11-5-4-10-16(17)21-24-18-12-6-7-13-19(18)25(21)14-20(26)23-15-8-2-1-3-9-15/h4-7,10-13,15H,1-3,8-9,14H2,(H,23,26). The SMILES string of the molecule is O=C(Cn1c(-c2ccccc2Cl)nc2ccccc21)NC1CCCCC1. The van der Waals surface area contributed by atoms with E-state index in [0.717, 1.165) is 35.3 Å². The maximum Gasteiger partial charge on any atom is 0.240 e. The molecule has 0 radical (unpaired) electrons. The zero-order valence-electron chi connectivity index (χ0n) is 14.6. The molecule has 0 saturated heterocycles. The third kappa shape index (κ3) is 3.47. The second-order valence-corrected chi connectivity index (χ2v) is 7.30. The molecule has 1 fully saturated rings. The van der Waals surface area contributed by atoms with Crippen molar-refractivity contribution in [3.63, 3.8) is 0 Å². The highest BCUT2D eigenvalue weighted by atomic mass is 35.5. The monoisotopic (exact) mass is 367 g/mol. The second kappa shape index (κ2) is 7.50. The first-order valence-electron chi connectivity index (χ1n) is 9.22. The van der Waals surface area contributed by atoms with Crippen LogP contribution in [0.3, 0.4) is 0 Å². The van der Waals surface area contributed by atoms with Crippen molar-refractivity contribution >= 4 is 28.5 Å². The summed E-state index contributed by atoms with van der Waals surface area (Å²) in [6, 6.07) is 15.8. The minimum Gasteiger partial charge on any atom is -0.352 e. The molecule has 0 unspecified atom stereocenters. The van der Waals surface area contributed by atoms with E-state index in [1.54, 1.807) is 0 Å². The van der Waals surface area contributed by atoms with Crippen molar-refractivity contribution < 1.29 is 4.79 Å². The molecule has 0 spiro atoms. The number of aromatic nitrogens is 2. The van der Waals surface area contributed by atoms with Gasteiger partial charge in [0.25, 0.3) is 0 Å². The van der Waals surface area contributed by atoms with Gasteiger partial charge in [-0.05, 0) is 37.1 Å². The number of hydrogen-bond acceptors (Lipinski definition) is 2. The van der Waals surface area contributed by atoms with Gasteiger partial charge in [-0.25, -0.2) is 4.98 Å². The summed E-state index contributed by atoms with van der Waals surface area (Å²) in [6.45, 7) is 0.248. The molecule has 1 aliphatic carbocycles. The lowest BCUT2D eigenvalue weighted by molar-refractivity contribution is -0.122. The van der Waals surface area contributed by atoms with E-state index in [9.17, 15) is 4.79 Å². The highest BCUT2D eigenvalue weighted by Crippen LogP contribution is 2.30. The van der Waals surface area contributed by atoms with Crippen LogP contribution in [-0.4, -0.2) is 21.5 Å². The third-order valence-electron chi connectivity index (χ3n) is 5.04. The number of amides is 1. The molecule has 2 aromatic carbocycles. The summed E-state index contributed by atoms with van der Waals surface area (Å²) < 4.78 is 1.97. The molecule has 3 aromatic rings. The van der Waals surface area contributed by atoms with Crippen molar-refractivity contribution in [2.24, 2.45) is 0 Å². The normalized spacial score (nSPS) is 15.3. The topological polar surface area (TPSA) is 46.9 Å². The molecule has 1 aliphatic rings. The maximum absolute atomic E-state index is 12.7. The first-order valence-corrected chi connectivity index (χ1v) is 9.60. The Morgan fingerprint density at radius 1 is 1.08 bits per heavy atom. The summed E-state index contributed by atoms with van der Waals surface area (Å²) in [7, 11) is 0. The average molecular weight is 368 g/mol. The van der Waals surface area contributed by atoms with Crippen LogP contribution in [0.15, 0.2) is 48.5 Å². The van der Waals surface area contributed by atoms with Gasteiger partial charge in [-0.15, -0.1) is 0 Å². The van der Waals surface area contributed by atoms with Gasteiger partial charge in [0.05, 0.1) is 16.1 Å². The average Bonchev–Trinajstić information content (AvgIpc) is 3.01. The number of nitrogens with one attached hydrogen (secondary N) is 1. The van der Waals surface area contributed by atoms with Crippen molar-refractivity contribution in [2.75, 3.05) is 0 Å². The largest absolute Gasteiger partial charge is 0.352 e. The molecule has 0 bridgehead atoms. The molecule has 1 heterocycles. The lowest BCUT2D eigenvalue weighted by Crippen LogP contribution is -2.38. The van der Waals surface area contributed by atoms with Crippen LogP contribution in [0.2, 0.25) is 5.02 Å². The van der Waals surface area contributed by atoms with E-state index >= 15 is 0 Å². The van der Waals surface area contributed by atoms with Gasteiger partial charge in [-0.1, -0.05) is 55.1 Å². The molecular weight excluding hydrogens is 346 g/mol. The fraction of sp³-hybridized carbons (Fsp3) is 0.333. The first kappa shape index (κ1) is 17.1. The third-order valence-corrected chi connectivity index (χ3v) is 5.37. The number of carbonyl (C=O) groups is 1. The van der Waals surface area contributed by atoms with Crippen LogP contribution >= 0.6 is 11.6 Å². The van der Waals surface area contributed by atoms with Gasteiger partial charge >= 0.3 is 0 Å². The van der Waals surface area contributed by atoms with Crippen molar-refractivity contribution in [1.29, 1.82) is 0 Å². The summed E-state index contributed by atoms with van der Waals surface area (Å²) in [6.07, 6.45) is 5.82. The van der Waals surface area contributed by atoms with Gasteiger partial charge in [-0.3, -0.25) is 4.79 Å². The Hall–Kier alpha value is -2.33. The van der Waals surface area contributed by atoms with E-state index in [1.165, 1.54) is 19.3 Å². The van der Waals surface area contributed by atoms with E-state index in [2.05, 4.69) is 5.32 Å². The molecule has 134 valence electrons. The minimum atomic E-state index is 0.0355. The van der Waals surface area contributed by atoms with Crippen molar-refractivity contribution in [3.8, 4) is 11.4 Å². The van der Waals surface area contributed by atoms with Gasteiger partial charge < -0.3 is 9.88 Å². The summed E-state index contributed by atoms with van der Waals surface area (Å²) in [5.41, 5.74) is 2.66. The van der Waals surface area contributed by atoms with Crippen molar-refractivity contribution in [3.05, 3.63) is 53.6 Å². The van der Waals surface area contributed by atoms with Crippen LogP contribution in [0.25, 0.3) is 22.4 Å². The predicted molar refractivity (Wildman–Crippen MR) is 105 cm³/mol. The minimum absolute atomic E-state index is 0.0355. The molecular formula is C21H22ClN3O. The molecule has 26 heavy (non-hydrogen) atoms. The van der Waals surface area contributed by atoms with Crippen LogP contribution in [0.5, 0.6) is 0 Å². The Morgan fingerprint density at radius 3 is 2.62 bits per heavy atom. The summed E-state index contributed by atoms with van der Waals surface area (Å²) >= 11 is 6.40. The van der Waals surface area contributed by atoms with Gasteiger partial charge in [0.1, 0.15) is 12.4 Å². The Morgan fingerprint density at radius 2 is 1.81 bits per heavy atom. The Kier molecular flexibility index (Phi) is 4.93. The lowest BCUT2D eigenvalue weighted by atomic mass is 9.95. The number of para-hydroxylation sites is 2. The Labute approximate surface area is 158 Å². The van der Waals surface area contributed by atoms with E-state index in [4.69, 9.17) is 16.6 Å². The number of fused-ring (bicyclic) bond motifs is 1. The smallest absolute Gasteiger partial charge is 0.240 e. The Balaban J connectivity index is 1.67. The molecule has 4 nitrogen and oxygen atoms in total. The van der Waals surface area contributed by atoms with Crippen LogP contribution in [0.1, 0.15) is 32.1 Å². The molecule has 1 amide bonds. The number of halogens is 1. The molecule has 0 aliphatic heterocycles. The van der Waals surface area contributed by atoms with E-state index < -0.39 is 0 Å². The van der Waals surface area contributed by atoms with Crippen molar-refractivity contribution in [2.45, 2.75) is 44.7 Å². The number of imidazole rings is 1. The lowest BCUT2D eigenvalue weighted by Gasteiger charge is -2.23. The zero-order valence-corrected chi connectivity index (χ0v) is 15.4. The number of nitrogens with zero attached hydrogens (tertiary/aromatic N) is 2. The number of carbonyl (C=O) groups excluding carboxylic acids is 1. The molecule has 1 aromatic heterocycles. The second-order valence-electron chi connectivity index (χ2n) is 6.89. The van der Waals surface area contributed by atoms with E-state index in [-0.39, 0.29) is 12.5 Å². The van der Waals surface area contributed by atoms with Gasteiger partial charge in [0, 0.05) is 11.6 Å². The molecule has 4 rings (SSSR count). The van der Waals surface area contributed by atoms with Gasteiger partial charge in [0.15, 0.2) is 0 Å². The molecule has 5 heteroatoms. The fourth-order valence-electron chi connectivity index (χ4n) is 3.75. The molecule has 1 saturated carbocycles. The van der Waals surface area contributed by atoms with Crippen LogP contribution in [0.4, 0.5) is 0 Å². The van der Waals surface area contributed by atoms with E-state index in [1.807, 2.05) is 53.1 Å². The van der Waals surface area contributed by atoms with Crippen LogP contribution < -0.4 is 5.32 Å². The fourth-order valence-corrected chi connectivity index (χ4v) is 3.97. The quantitative estimate of drug-likeness (QED) is 0.719. The number of benzene rings is 2. The predicted octanol–water partition coefficient (Wildman–Crippen LogP) is 4.81. The highest BCUT2D eigenvalue weighted by Gasteiger charge is 2.19. The molecule has 0 atom stereocenters. The summed E-state index contributed by atoms with van der Waals surface area (Å²) in [5.74, 6) is 0.768. The Bertz CT molecular complexity index is 928. The zero-order chi connectivity index (χ0) is 17.9. The summed E-state index contributed by atoms with van der Waals surface area (Å²) in [4.78, 5) is 17.4. The van der Waals surface area contributed by atoms with Crippen LogP contribution in [0, 0.1) is 0 Å². The van der Waals surface area contributed by atoms with E-state index in [0.29, 0.717) is 11.1 Å². The molecule has 1 N–H and O–H groups in total. The number of hydrogen-bond donors (Lipinski definition) is 1. The number of rotatable bonds is 4. The first-order chi connectivity index (χ1) is 12.7. The van der Waals surface area contributed by atoms with Gasteiger partial charge in [0.2, 0.25) is 5.91 Å². The highest BCUT2D eigenvalue weighted by molar-refractivity contribution is 6.33. The maximum atomic E-state index is 12.7.